The van der Waals surface area contributed by atoms with Gasteiger partial charge in [-0.25, -0.2) is 0 Å². The Morgan fingerprint density at radius 3 is 2.71 bits per heavy atom. The maximum atomic E-state index is 11.6. The van der Waals surface area contributed by atoms with Gasteiger partial charge in [0.05, 0.1) is 11.7 Å². The maximum absolute atomic E-state index is 11.6. The van der Waals surface area contributed by atoms with Crippen LogP contribution in [0.1, 0.15) is 38.9 Å². The fraction of sp³-hybridized carbons (Fsp3) is 0.538. The molecule has 1 aromatic rings. The highest BCUT2D eigenvalue weighted by Crippen LogP contribution is 2.07. The normalized spacial score (nSPS) is 12.5. The van der Waals surface area contributed by atoms with E-state index in [4.69, 9.17) is 0 Å². The second-order valence-corrected chi connectivity index (χ2v) is 4.40. The number of amides is 1. The van der Waals surface area contributed by atoms with E-state index in [1.54, 1.807) is 6.20 Å². The highest BCUT2D eigenvalue weighted by molar-refractivity contribution is 5.76. The summed E-state index contributed by atoms with van der Waals surface area (Å²) in [5, 5.41) is 6.14. The predicted molar refractivity (Wildman–Crippen MR) is 68.6 cm³/mol. The number of hydrogen-bond donors (Lipinski definition) is 2. The number of carbonyl (C=O) groups excluding carboxylic acids is 1. The van der Waals surface area contributed by atoms with Crippen molar-refractivity contribution >= 4 is 5.91 Å². The van der Waals surface area contributed by atoms with Gasteiger partial charge in [-0.3, -0.25) is 9.78 Å². The Hall–Kier alpha value is -1.42. The lowest BCUT2D eigenvalue weighted by molar-refractivity contribution is -0.121. The van der Waals surface area contributed by atoms with Crippen LogP contribution in [0.2, 0.25) is 0 Å². The molecule has 0 saturated heterocycles. The van der Waals surface area contributed by atoms with Gasteiger partial charge in [0.1, 0.15) is 0 Å². The Labute approximate surface area is 103 Å². The van der Waals surface area contributed by atoms with Crippen molar-refractivity contribution in [2.75, 3.05) is 6.54 Å². The Balaban J connectivity index is 2.31. The first-order valence-corrected chi connectivity index (χ1v) is 6.03. The largest absolute Gasteiger partial charge is 0.348 e. The van der Waals surface area contributed by atoms with Crippen LogP contribution in [-0.2, 0) is 4.79 Å². The smallest absolute Gasteiger partial charge is 0.221 e. The van der Waals surface area contributed by atoms with Crippen LogP contribution < -0.4 is 10.6 Å². The van der Waals surface area contributed by atoms with E-state index < -0.39 is 0 Å². The van der Waals surface area contributed by atoms with E-state index in [-0.39, 0.29) is 11.9 Å². The molecule has 0 aliphatic carbocycles. The van der Waals surface area contributed by atoms with Crippen LogP contribution in [0.25, 0.3) is 0 Å². The zero-order valence-corrected chi connectivity index (χ0v) is 10.7. The minimum atomic E-state index is -0.0391. The molecule has 0 aliphatic rings. The minimum Gasteiger partial charge on any atom is -0.348 e. The molecular weight excluding hydrogens is 214 g/mol. The van der Waals surface area contributed by atoms with E-state index in [1.807, 2.05) is 25.1 Å². The fourth-order valence-electron chi connectivity index (χ4n) is 1.49. The zero-order valence-electron chi connectivity index (χ0n) is 10.7. The van der Waals surface area contributed by atoms with Crippen molar-refractivity contribution in [2.45, 2.75) is 39.3 Å². The summed E-state index contributed by atoms with van der Waals surface area (Å²) in [7, 11) is 0. The van der Waals surface area contributed by atoms with Crippen LogP contribution in [0.3, 0.4) is 0 Å². The van der Waals surface area contributed by atoms with Crippen molar-refractivity contribution in [1.82, 2.24) is 15.6 Å². The molecule has 2 N–H and O–H groups in total. The SMILES string of the molecule is CC(C)NCCC(=O)N[C@@H](C)c1ccccn1. The van der Waals surface area contributed by atoms with E-state index >= 15 is 0 Å². The highest BCUT2D eigenvalue weighted by Gasteiger charge is 2.09. The van der Waals surface area contributed by atoms with Gasteiger partial charge in [0.2, 0.25) is 5.91 Å². The molecule has 0 saturated carbocycles. The van der Waals surface area contributed by atoms with Gasteiger partial charge in [-0.1, -0.05) is 19.9 Å². The van der Waals surface area contributed by atoms with Gasteiger partial charge < -0.3 is 10.6 Å². The summed E-state index contributed by atoms with van der Waals surface area (Å²) in [5.74, 6) is 0.0521. The molecule has 94 valence electrons. The molecule has 1 aromatic heterocycles. The number of nitrogens with zero attached hydrogens (tertiary/aromatic N) is 1. The van der Waals surface area contributed by atoms with Crippen molar-refractivity contribution in [3.63, 3.8) is 0 Å². The van der Waals surface area contributed by atoms with Gasteiger partial charge >= 0.3 is 0 Å². The quantitative estimate of drug-likeness (QED) is 0.788. The molecule has 17 heavy (non-hydrogen) atoms. The molecule has 0 aromatic carbocycles. The number of rotatable bonds is 6. The van der Waals surface area contributed by atoms with Gasteiger partial charge in [-0.2, -0.15) is 0 Å². The molecule has 0 bridgehead atoms. The molecular formula is C13H21N3O. The monoisotopic (exact) mass is 235 g/mol. The van der Waals surface area contributed by atoms with Crippen molar-refractivity contribution < 1.29 is 4.79 Å². The van der Waals surface area contributed by atoms with Crippen LogP contribution in [0, 0.1) is 0 Å². The number of carbonyl (C=O) groups is 1. The minimum absolute atomic E-state index is 0.0391. The maximum Gasteiger partial charge on any atom is 0.221 e. The summed E-state index contributed by atoms with van der Waals surface area (Å²) < 4.78 is 0. The first-order chi connectivity index (χ1) is 8.09. The average molecular weight is 235 g/mol. The third kappa shape index (κ3) is 5.45. The molecule has 1 amide bonds. The average Bonchev–Trinajstić information content (AvgIpc) is 2.29. The van der Waals surface area contributed by atoms with Crippen LogP contribution in [0.5, 0.6) is 0 Å². The van der Waals surface area contributed by atoms with Gasteiger partial charge in [0.25, 0.3) is 0 Å². The molecule has 0 spiro atoms. The third-order valence-electron chi connectivity index (χ3n) is 2.41. The van der Waals surface area contributed by atoms with Crippen molar-refractivity contribution in [1.29, 1.82) is 0 Å². The lowest BCUT2D eigenvalue weighted by Crippen LogP contribution is -2.32. The Morgan fingerprint density at radius 1 is 1.35 bits per heavy atom. The Bertz CT molecular complexity index is 338. The summed E-state index contributed by atoms with van der Waals surface area (Å²) in [6.45, 7) is 6.78. The number of nitrogens with one attached hydrogen (secondary N) is 2. The van der Waals surface area contributed by atoms with Crippen LogP contribution >= 0.6 is 0 Å². The van der Waals surface area contributed by atoms with E-state index in [0.717, 1.165) is 5.69 Å². The van der Waals surface area contributed by atoms with E-state index in [2.05, 4.69) is 29.5 Å². The second kappa shape index (κ2) is 7.01. The van der Waals surface area contributed by atoms with Gasteiger partial charge in [0.15, 0.2) is 0 Å². The van der Waals surface area contributed by atoms with E-state index in [9.17, 15) is 4.79 Å². The third-order valence-corrected chi connectivity index (χ3v) is 2.41. The van der Waals surface area contributed by atoms with Gasteiger partial charge in [0, 0.05) is 25.2 Å². The lowest BCUT2D eigenvalue weighted by atomic mass is 10.2. The first-order valence-electron chi connectivity index (χ1n) is 6.03. The lowest BCUT2D eigenvalue weighted by Gasteiger charge is -2.14. The fourth-order valence-corrected chi connectivity index (χ4v) is 1.49. The van der Waals surface area contributed by atoms with Crippen LogP contribution in [-0.4, -0.2) is 23.5 Å². The van der Waals surface area contributed by atoms with Crippen LogP contribution in [0.15, 0.2) is 24.4 Å². The van der Waals surface area contributed by atoms with Gasteiger partial charge in [-0.15, -0.1) is 0 Å². The van der Waals surface area contributed by atoms with Gasteiger partial charge in [-0.05, 0) is 19.1 Å². The molecule has 1 rings (SSSR count). The summed E-state index contributed by atoms with van der Waals surface area (Å²) in [6.07, 6.45) is 2.23. The molecule has 4 nitrogen and oxygen atoms in total. The molecule has 0 aliphatic heterocycles. The first kappa shape index (κ1) is 13.6. The molecule has 4 heteroatoms. The van der Waals surface area contributed by atoms with E-state index in [0.29, 0.717) is 19.0 Å². The Kier molecular flexibility index (Phi) is 5.63. The zero-order chi connectivity index (χ0) is 12.7. The molecule has 1 heterocycles. The summed E-state index contributed by atoms with van der Waals surface area (Å²) in [6, 6.07) is 6.08. The number of aromatic nitrogens is 1. The highest BCUT2D eigenvalue weighted by atomic mass is 16.1. The van der Waals surface area contributed by atoms with Crippen molar-refractivity contribution in [2.24, 2.45) is 0 Å². The summed E-state index contributed by atoms with van der Waals surface area (Å²) in [4.78, 5) is 15.8. The second-order valence-electron chi connectivity index (χ2n) is 4.40. The number of hydrogen-bond acceptors (Lipinski definition) is 3. The number of pyridine rings is 1. The topological polar surface area (TPSA) is 54.0 Å². The predicted octanol–water partition coefficient (Wildman–Crippen LogP) is 1.65. The van der Waals surface area contributed by atoms with Crippen LogP contribution in [0.4, 0.5) is 0 Å². The van der Waals surface area contributed by atoms with Crippen molar-refractivity contribution in [3.05, 3.63) is 30.1 Å². The molecule has 0 radical (unpaired) electrons. The standard InChI is InChI=1S/C13H21N3O/c1-10(2)14-9-7-13(17)16-11(3)12-6-4-5-8-15-12/h4-6,8,10-11,14H,7,9H2,1-3H3,(H,16,17)/t11-/m0/s1. The summed E-state index contributed by atoms with van der Waals surface area (Å²) >= 11 is 0. The summed E-state index contributed by atoms with van der Waals surface area (Å²) in [5.41, 5.74) is 0.887. The van der Waals surface area contributed by atoms with Crippen molar-refractivity contribution in [3.8, 4) is 0 Å². The van der Waals surface area contributed by atoms with E-state index in [1.165, 1.54) is 0 Å². The molecule has 0 unspecified atom stereocenters. The molecule has 0 fully saturated rings. The molecule has 1 atom stereocenters. The Morgan fingerprint density at radius 2 is 2.12 bits per heavy atom.